The van der Waals surface area contributed by atoms with E-state index < -0.39 is 62.5 Å². The number of carbonyl (C=O) groups excluding carboxylic acids is 2. The Morgan fingerprint density at radius 3 is 2.40 bits per heavy atom. The first-order valence-electron chi connectivity index (χ1n) is 8.20. The first kappa shape index (κ1) is 21.6. The van der Waals surface area contributed by atoms with E-state index >= 15 is 0 Å². The molecule has 5 N–H and O–H groups in total. The maximum Gasteiger partial charge on any atom is 0.508 e. The molecule has 0 spiro atoms. The molecule has 1 saturated heterocycles. The molecule has 1 fully saturated rings. The second-order valence-corrected chi connectivity index (χ2v) is 5.87. The summed E-state index contributed by atoms with van der Waals surface area (Å²) in [7, 11) is 0. The van der Waals surface area contributed by atoms with Crippen LogP contribution in [0.5, 0.6) is 0 Å². The molecule has 0 aliphatic carbocycles. The lowest BCUT2D eigenvalue weighted by Crippen LogP contribution is -2.63. The van der Waals surface area contributed by atoms with E-state index in [0.29, 0.717) is 12.8 Å². The zero-order valence-electron chi connectivity index (χ0n) is 14.3. The highest BCUT2D eigenvalue weighted by atomic mass is 16.7. The average molecular weight is 365 g/mol. The fourth-order valence-corrected chi connectivity index (χ4v) is 2.43. The molecular formula is C15H27NO9. The van der Waals surface area contributed by atoms with Crippen LogP contribution in [0.15, 0.2) is 0 Å². The van der Waals surface area contributed by atoms with Crippen LogP contribution in [0.3, 0.4) is 0 Å². The summed E-state index contributed by atoms with van der Waals surface area (Å²) >= 11 is 0. The summed E-state index contributed by atoms with van der Waals surface area (Å²) in [5.74, 6) is -0.258. The molecule has 0 bridgehead atoms. The quantitative estimate of drug-likeness (QED) is 0.316. The first-order valence-corrected chi connectivity index (χ1v) is 8.20. The molecule has 1 aliphatic rings. The van der Waals surface area contributed by atoms with Gasteiger partial charge in [0.05, 0.1) is 25.4 Å². The molecule has 5 atom stereocenters. The highest BCUT2D eigenvalue weighted by Gasteiger charge is 2.43. The van der Waals surface area contributed by atoms with Gasteiger partial charge in [-0.1, -0.05) is 6.92 Å². The number of aliphatic hydroxyl groups excluding tert-OH is 4. The lowest BCUT2D eigenvalue weighted by Gasteiger charge is -2.41. The SMILES string of the molecule is CCCC(=O)N[C@H]1C(C)O[C@H](COC(=O)OC(CO)CO)[C@@H](O)[C@@H]1O. The van der Waals surface area contributed by atoms with Crippen molar-refractivity contribution in [2.75, 3.05) is 19.8 Å². The highest BCUT2D eigenvalue weighted by molar-refractivity contribution is 5.76. The van der Waals surface area contributed by atoms with E-state index in [-0.39, 0.29) is 5.91 Å². The Morgan fingerprint density at radius 1 is 1.20 bits per heavy atom. The minimum Gasteiger partial charge on any atom is -0.431 e. The van der Waals surface area contributed by atoms with Gasteiger partial charge in [0.25, 0.3) is 0 Å². The van der Waals surface area contributed by atoms with Gasteiger partial charge >= 0.3 is 6.16 Å². The standard InChI is InChI=1S/C15H27NO9/c1-3-4-11(19)16-12-8(2)24-10(13(20)14(12)21)7-23-15(22)25-9(5-17)6-18/h8-10,12-14,17-18,20-21H,3-7H2,1-2H3,(H,16,19)/t8?,10-,12+,13-,14-/m1/s1. The second-order valence-electron chi connectivity index (χ2n) is 5.87. The molecule has 1 amide bonds. The third-order valence-corrected chi connectivity index (χ3v) is 3.83. The van der Waals surface area contributed by atoms with E-state index in [0.717, 1.165) is 0 Å². The molecule has 0 saturated carbocycles. The largest absolute Gasteiger partial charge is 0.508 e. The summed E-state index contributed by atoms with van der Waals surface area (Å²) in [6.45, 7) is 1.92. The number of hydrogen-bond donors (Lipinski definition) is 5. The molecule has 1 heterocycles. The van der Waals surface area contributed by atoms with Gasteiger partial charge in [-0.05, 0) is 13.3 Å². The third kappa shape index (κ3) is 6.40. The van der Waals surface area contributed by atoms with Crippen LogP contribution in [0.2, 0.25) is 0 Å². The van der Waals surface area contributed by atoms with Gasteiger partial charge in [0.1, 0.15) is 24.9 Å². The minimum absolute atomic E-state index is 0.258. The van der Waals surface area contributed by atoms with Crippen LogP contribution in [0, 0.1) is 0 Å². The van der Waals surface area contributed by atoms with Gasteiger partial charge in [-0.25, -0.2) is 4.79 Å². The summed E-state index contributed by atoms with van der Waals surface area (Å²) in [6, 6.07) is -0.787. The monoisotopic (exact) mass is 365 g/mol. The van der Waals surface area contributed by atoms with Gasteiger partial charge in [-0.15, -0.1) is 0 Å². The number of rotatable bonds is 8. The zero-order valence-corrected chi connectivity index (χ0v) is 14.3. The highest BCUT2D eigenvalue weighted by Crippen LogP contribution is 2.21. The van der Waals surface area contributed by atoms with Crippen molar-refractivity contribution in [2.24, 2.45) is 0 Å². The fraction of sp³-hybridized carbons (Fsp3) is 0.867. The zero-order chi connectivity index (χ0) is 19.0. The Hall–Kier alpha value is -1.46. The van der Waals surface area contributed by atoms with E-state index in [2.05, 4.69) is 10.1 Å². The maximum absolute atomic E-state index is 11.7. The topological polar surface area (TPSA) is 155 Å². The number of hydrogen-bond acceptors (Lipinski definition) is 9. The Morgan fingerprint density at radius 2 is 1.84 bits per heavy atom. The number of nitrogens with one attached hydrogen (secondary N) is 1. The van der Waals surface area contributed by atoms with Crippen LogP contribution in [0.4, 0.5) is 4.79 Å². The molecular weight excluding hydrogens is 338 g/mol. The van der Waals surface area contributed by atoms with Crippen molar-refractivity contribution >= 4 is 12.1 Å². The number of aliphatic hydroxyl groups is 4. The summed E-state index contributed by atoms with van der Waals surface area (Å²) in [5, 5.41) is 40.6. The van der Waals surface area contributed by atoms with Gasteiger partial charge in [-0.3, -0.25) is 4.79 Å². The van der Waals surface area contributed by atoms with E-state index in [9.17, 15) is 19.8 Å². The van der Waals surface area contributed by atoms with Crippen molar-refractivity contribution in [1.29, 1.82) is 0 Å². The Kier molecular flexibility index (Phi) is 9.08. The molecule has 1 aliphatic heterocycles. The number of carbonyl (C=O) groups is 2. The maximum atomic E-state index is 11.7. The normalized spacial score (nSPS) is 29.3. The van der Waals surface area contributed by atoms with Gasteiger partial charge in [0.15, 0.2) is 6.10 Å². The van der Waals surface area contributed by atoms with Gasteiger partial charge in [0.2, 0.25) is 5.91 Å². The molecule has 1 unspecified atom stereocenters. The minimum atomic E-state index is -1.39. The smallest absolute Gasteiger partial charge is 0.431 e. The van der Waals surface area contributed by atoms with Crippen molar-refractivity contribution < 1.29 is 44.2 Å². The molecule has 10 heteroatoms. The van der Waals surface area contributed by atoms with Crippen LogP contribution in [0.1, 0.15) is 26.7 Å². The molecule has 0 aromatic heterocycles. The van der Waals surface area contributed by atoms with E-state index in [1.807, 2.05) is 6.92 Å². The van der Waals surface area contributed by atoms with E-state index in [4.69, 9.17) is 19.7 Å². The lowest BCUT2D eigenvalue weighted by atomic mass is 9.93. The van der Waals surface area contributed by atoms with Crippen LogP contribution >= 0.6 is 0 Å². The summed E-state index contributed by atoms with van der Waals surface area (Å²) in [6.07, 6.45) is -5.63. The van der Waals surface area contributed by atoms with Crippen LogP contribution < -0.4 is 5.32 Å². The molecule has 0 aromatic carbocycles. The number of ether oxygens (including phenoxy) is 3. The third-order valence-electron chi connectivity index (χ3n) is 3.83. The fourth-order valence-electron chi connectivity index (χ4n) is 2.43. The van der Waals surface area contributed by atoms with E-state index in [1.54, 1.807) is 6.92 Å². The van der Waals surface area contributed by atoms with Crippen molar-refractivity contribution in [3.63, 3.8) is 0 Å². The van der Waals surface area contributed by atoms with Crippen molar-refractivity contribution in [1.82, 2.24) is 5.32 Å². The summed E-state index contributed by atoms with van der Waals surface area (Å²) < 4.78 is 14.9. The van der Waals surface area contributed by atoms with Gasteiger partial charge < -0.3 is 40.0 Å². The predicted octanol–water partition coefficient (Wildman–Crippen LogP) is -1.71. The van der Waals surface area contributed by atoms with E-state index in [1.165, 1.54) is 0 Å². The lowest BCUT2D eigenvalue weighted by molar-refractivity contribution is -0.193. The molecule has 25 heavy (non-hydrogen) atoms. The van der Waals surface area contributed by atoms with Crippen molar-refractivity contribution in [3.05, 3.63) is 0 Å². The Labute approximate surface area is 145 Å². The van der Waals surface area contributed by atoms with Crippen LogP contribution in [0.25, 0.3) is 0 Å². The van der Waals surface area contributed by atoms with Gasteiger partial charge in [0, 0.05) is 6.42 Å². The average Bonchev–Trinajstić information content (AvgIpc) is 2.58. The number of amides is 1. The Balaban J connectivity index is 2.53. The van der Waals surface area contributed by atoms with Gasteiger partial charge in [-0.2, -0.15) is 0 Å². The molecule has 0 aromatic rings. The molecule has 1 rings (SSSR count). The van der Waals surface area contributed by atoms with Crippen molar-refractivity contribution in [3.8, 4) is 0 Å². The van der Waals surface area contributed by atoms with Crippen LogP contribution in [-0.4, -0.2) is 88.9 Å². The van der Waals surface area contributed by atoms with Crippen LogP contribution in [-0.2, 0) is 19.0 Å². The first-order chi connectivity index (χ1) is 11.8. The molecule has 146 valence electrons. The Bertz CT molecular complexity index is 429. The molecule has 0 radical (unpaired) electrons. The second kappa shape index (κ2) is 10.5. The molecule has 10 nitrogen and oxygen atoms in total. The predicted molar refractivity (Wildman–Crippen MR) is 83.6 cm³/mol. The summed E-state index contributed by atoms with van der Waals surface area (Å²) in [5.41, 5.74) is 0. The summed E-state index contributed by atoms with van der Waals surface area (Å²) in [4.78, 5) is 23.1. The van der Waals surface area contributed by atoms with Crippen molar-refractivity contribution in [2.45, 2.75) is 63.3 Å².